The summed E-state index contributed by atoms with van der Waals surface area (Å²) in [4.78, 5) is 40.5. The lowest BCUT2D eigenvalue weighted by Gasteiger charge is -2.30. The quantitative estimate of drug-likeness (QED) is 0.0599. The van der Waals surface area contributed by atoms with Crippen LogP contribution < -0.4 is 16.0 Å². The molecule has 2 fully saturated rings. The molecule has 3 amide bonds. The molecule has 4 N–H and O–H groups in total. The smallest absolute Gasteiger partial charge is 0.315 e. The number of ketones is 1. The van der Waals surface area contributed by atoms with Crippen LogP contribution in [-0.2, 0) is 28.5 Å². The molecule has 2 saturated heterocycles. The van der Waals surface area contributed by atoms with E-state index in [1.54, 1.807) is 0 Å². The summed E-state index contributed by atoms with van der Waals surface area (Å²) in [5, 5.41) is 19.7. The lowest BCUT2D eigenvalue weighted by Crippen LogP contribution is -2.36. The van der Waals surface area contributed by atoms with Gasteiger partial charge in [-0.1, -0.05) is 26.2 Å². The van der Waals surface area contributed by atoms with Crippen molar-refractivity contribution in [3.63, 3.8) is 0 Å². The summed E-state index contributed by atoms with van der Waals surface area (Å²) in [6.45, 7) is 7.75. The van der Waals surface area contributed by atoms with Crippen molar-refractivity contribution >= 4 is 35.2 Å². The van der Waals surface area contributed by atoms with Crippen LogP contribution in [0.1, 0.15) is 58.8 Å². The Hall–Kier alpha value is -2.63. The zero-order valence-corrected chi connectivity index (χ0v) is 27.5. The van der Waals surface area contributed by atoms with E-state index in [0.29, 0.717) is 96.0 Å². The Morgan fingerprint density at radius 1 is 1.00 bits per heavy atom. The molecule has 1 aliphatic carbocycles. The number of carbonyl (C=O) groups is 3. The van der Waals surface area contributed by atoms with Gasteiger partial charge in [0.05, 0.1) is 82.8 Å². The third kappa shape index (κ3) is 13.3. The first-order valence-corrected chi connectivity index (χ1v) is 16.9. The lowest BCUT2D eigenvalue weighted by atomic mass is 9.75. The van der Waals surface area contributed by atoms with Crippen molar-refractivity contribution < 1.29 is 38.4 Å². The SMILES string of the molecule is C#CCN=C(CCOCCOCCOCCOCCNC(=O)CCCC[C@H]1SC[C@H]2NC(=O)N[C@H]21)C1=C(O)CC(C)(C)CC1=O. The Morgan fingerprint density at radius 3 is 2.33 bits per heavy atom. The number of aliphatic imine (C=N–C) groups is 1. The summed E-state index contributed by atoms with van der Waals surface area (Å²) in [6.07, 6.45) is 9.79. The summed E-state index contributed by atoms with van der Waals surface area (Å²) in [5.74, 6) is 3.39. The van der Waals surface area contributed by atoms with Gasteiger partial charge < -0.3 is 40.0 Å². The molecule has 12 nitrogen and oxygen atoms in total. The largest absolute Gasteiger partial charge is 0.511 e. The van der Waals surface area contributed by atoms with Gasteiger partial charge >= 0.3 is 6.03 Å². The van der Waals surface area contributed by atoms with Crippen LogP contribution in [0, 0.1) is 17.8 Å². The first kappa shape index (κ1) is 36.8. The van der Waals surface area contributed by atoms with Crippen LogP contribution in [0.4, 0.5) is 4.79 Å². The molecule has 0 aromatic rings. The second-order valence-corrected chi connectivity index (χ2v) is 13.4. The fourth-order valence-corrected chi connectivity index (χ4v) is 7.14. The number of thioether (sulfide) groups is 1. The van der Waals surface area contributed by atoms with Crippen molar-refractivity contribution in [3.05, 3.63) is 11.3 Å². The van der Waals surface area contributed by atoms with E-state index < -0.39 is 0 Å². The third-order valence-corrected chi connectivity index (χ3v) is 9.26. The van der Waals surface area contributed by atoms with E-state index in [2.05, 4.69) is 26.9 Å². The predicted octanol–water partition coefficient (Wildman–Crippen LogP) is 2.56. The molecule has 3 aliphatic rings. The number of allylic oxidation sites excluding steroid dienone is 2. The van der Waals surface area contributed by atoms with Crippen molar-refractivity contribution in [1.29, 1.82) is 0 Å². The molecule has 13 heteroatoms. The number of unbranched alkanes of at least 4 members (excludes halogenated alkanes) is 1. The lowest BCUT2D eigenvalue weighted by molar-refractivity contribution is -0.121. The Bertz CT molecular complexity index is 1090. The van der Waals surface area contributed by atoms with Crippen LogP contribution in [0.5, 0.6) is 0 Å². The van der Waals surface area contributed by atoms with Gasteiger partial charge in [-0.25, -0.2) is 4.79 Å². The van der Waals surface area contributed by atoms with Crippen LogP contribution in [-0.4, -0.2) is 118 Å². The standard InChI is InChI=1S/C32H50N4O8S/c1-4-10-33-23(29-25(37)20-32(2,3)21-26(29)38)9-12-41-14-16-43-18-19-44-17-15-42-13-11-34-28(39)8-6-5-7-27-30-24(22-45-27)35-31(40)36-30/h1,24,27,30,37H,5-22H2,2-3H3,(H,34,39)(H2,35,36,40)/t24-,27-,30-/m1/s1. The maximum absolute atomic E-state index is 12.6. The number of aliphatic hydroxyl groups is 1. The van der Waals surface area contributed by atoms with Gasteiger partial charge in [-0.15, -0.1) is 6.42 Å². The molecule has 0 aromatic heterocycles. The minimum Gasteiger partial charge on any atom is -0.511 e. The number of ether oxygens (including phenoxy) is 4. The predicted molar refractivity (Wildman–Crippen MR) is 174 cm³/mol. The van der Waals surface area contributed by atoms with E-state index in [1.165, 1.54) is 0 Å². The molecule has 45 heavy (non-hydrogen) atoms. The van der Waals surface area contributed by atoms with E-state index >= 15 is 0 Å². The number of amides is 3. The summed E-state index contributed by atoms with van der Waals surface area (Å²) in [5.41, 5.74) is 0.505. The van der Waals surface area contributed by atoms with Crippen LogP contribution in [0.2, 0.25) is 0 Å². The molecule has 0 saturated carbocycles. The number of aliphatic hydroxyl groups excluding tert-OH is 1. The Balaban J connectivity index is 1.09. The molecular formula is C32H50N4O8S. The molecule has 0 unspecified atom stereocenters. The zero-order chi connectivity index (χ0) is 32.5. The topological polar surface area (TPSA) is 157 Å². The molecule has 2 aliphatic heterocycles. The van der Waals surface area contributed by atoms with Crippen molar-refractivity contribution in [2.45, 2.75) is 76.1 Å². The van der Waals surface area contributed by atoms with Gasteiger partial charge in [-0.3, -0.25) is 14.6 Å². The number of Topliss-reactive ketones (excluding diaryl/α,β-unsaturated/α-hetero) is 1. The van der Waals surface area contributed by atoms with Crippen molar-refractivity contribution in [3.8, 4) is 12.3 Å². The Labute approximate surface area is 271 Å². The number of carbonyl (C=O) groups excluding carboxylic acids is 3. The zero-order valence-electron chi connectivity index (χ0n) is 26.7. The molecular weight excluding hydrogens is 600 g/mol. The van der Waals surface area contributed by atoms with E-state index in [0.717, 1.165) is 25.0 Å². The van der Waals surface area contributed by atoms with E-state index in [4.69, 9.17) is 25.4 Å². The number of rotatable bonds is 22. The Morgan fingerprint density at radius 2 is 1.67 bits per heavy atom. The van der Waals surface area contributed by atoms with Gasteiger partial charge in [-0.2, -0.15) is 11.8 Å². The highest BCUT2D eigenvalue weighted by atomic mass is 32.2. The maximum Gasteiger partial charge on any atom is 0.315 e. The number of fused-ring (bicyclic) bond motifs is 1. The van der Waals surface area contributed by atoms with E-state index in [9.17, 15) is 19.5 Å². The maximum atomic E-state index is 12.6. The number of urea groups is 1. The minimum atomic E-state index is -0.275. The highest BCUT2D eigenvalue weighted by Crippen LogP contribution is 2.36. The first-order chi connectivity index (χ1) is 21.7. The number of nitrogens with one attached hydrogen (secondary N) is 3. The monoisotopic (exact) mass is 650 g/mol. The molecule has 0 bridgehead atoms. The van der Waals surface area contributed by atoms with Gasteiger partial charge in [0.2, 0.25) is 5.91 Å². The molecule has 3 atom stereocenters. The number of nitrogens with zero attached hydrogens (tertiary/aromatic N) is 1. The van der Waals surface area contributed by atoms with Crippen LogP contribution >= 0.6 is 11.8 Å². The van der Waals surface area contributed by atoms with Crippen molar-refractivity contribution in [1.82, 2.24) is 16.0 Å². The average molecular weight is 651 g/mol. The van der Waals surface area contributed by atoms with Gasteiger partial charge in [0, 0.05) is 43.2 Å². The first-order valence-electron chi connectivity index (χ1n) is 15.9. The minimum absolute atomic E-state index is 0.0290. The third-order valence-electron chi connectivity index (χ3n) is 7.75. The van der Waals surface area contributed by atoms with Gasteiger partial charge in [0.15, 0.2) is 5.78 Å². The fraction of sp³-hybridized carbons (Fsp3) is 0.750. The molecule has 2 heterocycles. The summed E-state index contributed by atoms with van der Waals surface area (Å²) in [6, 6.07) is 0.386. The Kier molecular flexibility index (Phi) is 16.2. The number of hydrogen-bond acceptors (Lipinski definition) is 10. The van der Waals surface area contributed by atoms with Gasteiger partial charge in [0.1, 0.15) is 5.76 Å². The van der Waals surface area contributed by atoms with Crippen LogP contribution in [0.3, 0.4) is 0 Å². The van der Waals surface area contributed by atoms with E-state index in [1.807, 2.05) is 25.6 Å². The van der Waals surface area contributed by atoms with Crippen molar-refractivity contribution in [2.75, 3.05) is 71.7 Å². The summed E-state index contributed by atoms with van der Waals surface area (Å²) < 4.78 is 22.2. The molecule has 0 radical (unpaired) electrons. The highest BCUT2D eigenvalue weighted by Gasteiger charge is 2.42. The van der Waals surface area contributed by atoms with Crippen LogP contribution in [0.25, 0.3) is 0 Å². The summed E-state index contributed by atoms with van der Waals surface area (Å²) >= 11 is 1.89. The van der Waals surface area contributed by atoms with Crippen molar-refractivity contribution in [2.24, 2.45) is 10.4 Å². The molecule has 0 spiro atoms. The molecule has 252 valence electrons. The second-order valence-electron chi connectivity index (χ2n) is 12.1. The average Bonchev–Trinajstić information content (AvgIpc) is 3.53. The van der Waals surface area contributed by atoms with Gasteiger partial charge in [-0.05, 0) is 18.3 Å². The van der Waals surface area contributed by atoms with E-state index in [-0.39, 0.29) is 53.1 Å². The summed E-state index contributed by atoms with van der Waals surface area (Å²) in [7, 11) is 0. The normalized spacial score (nSPS) is 22.6. The highest BCUT2D eigenvalue weighted by molar-refractivity contribution is 8.00. The molecule has 0 aromatic carbocycles. The van der Waals surface area contributed by atoms with Gasteiger partial charge in [0.25, 0.3) is 0 Å². The molecule has 3 rings (SSSR count). The second kappa shape index (κ2) is 19.8. The van der Waals surface area contributed by atoms with Crippen LogP contribution in [0.15, 0.2) is 16.3 Å². The number of hydrogen-bond donors (Lipinski definition) is 4. The fourth-order valence-electron chi connectivity index (χ4n) is 5.60. The number of terminal acetylenes is 1.